The highest BCUT2D eigenvalue weighted by Gasteiger charge is 2.28. The van der Waals surface area contributed by atoms with Crippen molar-refractivity contribution in [1.29, 1.82) is 0 Å². The fourth-order valence-electron chi connectivity index (χ4n) is 2.77. The van der Waals surface area contributed by atoms with Crippen LogP contribution in [0.5, 0.6) is 0 Å². The Kier molecular flexibility index (Phi) is 4.12. The van der Waals surface area contributed by atoms with Gasteiger partial charge in [-0.05, 0) is 25.0 Å². The molecule has 3 aromatic rings. The molecule has 0 spiro atoms. The number of carbonyl (C=O) groups is 1. The lowest BCUT2D eigenvalue weighted by molar-refractivity contribution is 0.0782. The summed E-state index contributed by atoms with van der Waals surface area (Å²) in [4.78, 5) is 22.5. The summed E-state index contributed by atoms with van der Waals surface area (Å²) >= 11 is 0. The third-order valence-electron chi connectivity index (χ3n) is 4.40. The number of hydrogen-bond donors (Lipinski definition) is 1. The summed E-state index contributed by atoms with van der Waals surface area (Å²) in [7, 11) is 1.76. The molecule has 0 saturated heterocycles. The number of hydrogen-bond acceptors (Lipinski definition) is 6. The van der Waals surface area contributed by atoms with Crippen molar-refractivity contribution in [2.45, 2.75) is 25.3 Å². The molecular weight excluding hydrogens is 330 g/mol. The van der Waals surface area contributed by atoms with E-state index in [9.17, 15) is 4.79 Å². The fraction of sp³-hybridized carbons (Fsp3) is 0.263. The van der Waals surface area contributed by atoms with E-state index in [2.05, 4.69) is 15.1 Å². The zero-order valence-corrected chi connectivity index (χ0v) is 14.4. The van der Waals surface area contributed by atoms with Gasteiger partial charge in [0.15, 0.2) is 0 Å². The van der Waals surface area contributed by atoms with Gasteiger partial charge in [0, 0.05) is 30.2 Å². The van der Waals surface area contributed by atoms with Crippen LogP contribution >= 0.6 is 0 Å². The number of benzene rings is 1. The van der Waals surface area contributed by atoms with E-state index in [1.54, 1.807) is 30.3 Å². The highest BCUT2D eigenvalue weighted by molar-refractivity contribution is 5.94. The Balaban J connectivity index is 1.43. The Labute approximate surface area is 150 Å². The van der Waals surface area contributed by atoms with Gasteiger partial charge >= 0.3 is 0 Å². The lowest BCUT2D eigenvalue weighted by Gasteiger charge is -2.15. The van der Waals surface area contributed by atoms with Gasteiger partial charge in [0.1, 0.15) is 17.3 Å². The minimum atomic E-state index is -0.0732. The number of amides is 1. The Hall–Kier alpha value is -3.22. The topological polar surface area (TPSA) is 98.1 Å². The second kappa shape index (κ2) is 6.59. The summed E-state index contributed by atoms with van der Waals surface area (Å²) in [6, 6.07) is 9.21. The molecule has 4 rings (SSSR count). The SMILES string of the molecule is CN(Cc1cc(C2CC2)on1)C(=O)c1ccc(-c2cnc(N)cn2)cc1. The van der Waals surface area contributed by atoms with E-state index in [1.165, 1.54) is 6.20 Å². The van der Waals surface area contributed by atoms with Gasteiger partial charge in [-0.25, -0.2) is 4.98 Å². The molecule has 1 saturated carbocycles. The maximum atomic E-state index is 12.6. The first-order valence-electron chi connectivity index (χ1n) is 8.49. The Morgan fingerprint density at radius 3 is 2.65 bits per heavy atom. The minimum Gasteiger partial charge on any atom is -0.382 e. The van der Waals surface area contributed by atoms with Crippen molar-refractivity contribution >= 4 is 11.7 Å². The Morgan fingerprint density at radius 2 is 2.00 bits per heavy atom. The lowest BCUT2D eigenvalue weighted by Crippen LogP contribution is -2.26. The van der Waals surface area contributed by atoms with E-state index < -0.39 is 0 Å². The van der Waals surface area contributed by atoms with Crippen molar-refractivity contribution < 1.29 is 9.32 Å². The average molecular weight is 349 g/mol. The quantitative estimate of drug-likeness (QED) is 0.760. The smallest absolute Gasteiger partial charge is 0.253 e. The number of aromatic nitrogens is 3. The number of nitrogen functional groups attached to an aromatic ring is 1. The van der Waals surface area contributed by atoms with Crippen molar-refractivity contribution in [3.8, 4) is 11.3 Å². The molecule has 26 heavy (non-hydrogen) atoms. The molecule has 7 heteroatoms. The van der Waals surface area contributed by atoms with Crippen molar-refractivity contribution in [2.24, 2.45) is 0 Å². The second-order valence-electron chi connectivity index (χ2n) is 6.56. The molecule has 2 N–H and O–H groups in total. The molecule has 1 aromatic carbocycles. The highest BCUT2D eigenvalue weighted by atomic mass is 16.5. The normalized spacial score (nSPS) is 13.6. The van der Waals surface area contributed by atoms with Crippen molar-refractivity contribution in [3.05, 3.63) is 59.7 Å². The molecule has 2 heterocycles. The number of rotatable bonds is 5. The molecule has 0 atom stereocenters. The molecule has 1 amide bonds. The van der Waals surface area contributed by atoms with Crippen LogP contribution < -0.4 is 5.73 Å². The van der Waals surface area contributed by atoms with Gasteiger partial charge in [-0.1, -0.05) is 17.3 Å². The third kappa shape index (κ3) is 3.42. The maximum absolute atomic E-state index is 12.6. The van der Waals surface area contributed by atoms with Crippen LogP contribution in [0.1, 0.15) is 40.6 Å². The first kappa shape index (κ1) is 16.3. The van der Waals surface area contributed by atoms with Gasteiger partial charge in [0.05, 0.1) is 24.6 Å². The van der Waals surface area contributed by atoms with E-state index >= 15 is 0 Å². The van der Waals surface area contributed by atoms with Crippen LogP contribution in [-0.2, 0) is 6.54 Å². The van der Waals surface area contributed by atoms with Crippen LogP contribution in [0, 0.1) is 0 Å². The summed E-state index contributed by atoms with van der Waals surface area (Å²) in [5.41, 5.74) is 8.51. The largest absolute Gasteiger partial charge is 0.382 e. The Bertz CT molecular complexity index is 914. The molecule has 7 nitrogen and oxygen atoms in total. The van der Waals surface area contributed by atoms with E-state index in [-0.39, 0.29) is 5.91 Å². The van der Waals surface area contributed by atoms with Crippen molar-refractivity contribution in [2.75, 3.05) is 12.8 Å². The van der Waals surface area contributed by atoms with E-state index in [0.717, 1.165) is 29.9 Å². The summed E-state index contributed by atoms with van der Waals surface area (Å²) in [6.45, 7) is 0.417. The van der Waals surface area contributed by atoms with E-state index in [1.807, 2.05) is 18.2 Å². The molecule has 2 aromatic heterocycles. The number of nitrogens with zero attached hydrogens (tertiary/aromatic N) is 4. The monoisotopic (exact) mass is 349 g/mol. The van der Waals surface area contributed by atoms with Crippen LogP contribution in [0.15, 0.2) is 47.2 Å². The lowest BCUT2D eigenvalue weighted by atomic mass is 10.1. The van der Waals surface area contributed by atoms with Crippen molar-refractivity contribution in [3.63, 3.8) is 0 Å². The average Bonchev–Trinajstić information content (AvgIpc) is 3.41. The van der Waals surface area contributed by atoms with Crippen LogP contribution in [0.2, 0.25) is 0 Å². The molecular formula is C19H19N5O2. The standard InChI is InChI=1S/C19H19N5O2/c1-24(11-15-8-17(26-23-15)13-4-5-13)19(25)14-6-2-12(3-7-14)16-9-22-18(20)10-21-16/h2-3,6-10,13H,4-5,11H2,1H3,(H2,20,22). The van der Waals surface area contributed by atoms with Gasteiger partial charge in [0.25, 0.3) is 5.91 Å². The number of nitrogens with two attached hydrogens (primary N) is 1. The molecule has 132 valence electrons. The maximum Gasteiger partial charge on any atom is 0.253 e. The number of carbonyl (C=O) groups excluding carboxylic acids is 1. The van der Waals surface area contributed by atoms with Gasteiger partial charge in [-0.15, -0.1) is 0 Å². The molecule has 1 aliphatic rings. The third-order valence-corrected chi connectivity index (χ3v) is 4.40. The van der Waals surface area contributed by atoms with E-state index in [4.69, 9.17) is 10.3 Å². The molecule has 0 aliphatic heterocycles. The molecule has 0 bridgehead atoms. The van der Waals surface area contributed by atoms with Crippen LogP contribution in [-0.4, -0.2) is 33.0 Å². The fourth-order valence-corrected chi connectivity index (χ4v) is 2.77. The first-order chi connectivity index (χ1) is 12.6. The molecule has 1 fully saturated rings. The molecule has 0 radical (unpaired) electrons. The van der Waals surface area contributed by atoms with Crippen molar-refractivity contribution in [1.82, 2.24) is 20.0 Å². The van der Waals surface area contributed by atoms with Crippen LogP contribution in [0.25, 0.3) is 11.3 Å². The predicted molar refractivity (Wildman–Crippen MR) is 96.2 cm³/mol. The molecule has 0 unspecified atom stereocenters. The first-order valence-corrected chi connectivity index (χ1v) is 8.49. The van der Waals surface area contributed by atoms with E-state index in [0.29, 0.717) is 29.5 Å². The summed E-state index contributed by atoms with van der Waals surface area (Å²) < 4.78 is 5.34. The Morgan fingerprint density at radius 1 is 1.23 bits per heavy atom. The van der Waals surface area contributed by atoms with Gasteiger partial charge in [-0.2, -0.15) is 0 Å². The highest BCUT2D eigenvalue weighted by Crippen LogP contribution is 2.40. The number of anilines is 1. The van der Waals surface area contributed by atoms with Gasteiger partial charge < -0.3 is 15.2 Å². The second-order valence-corrected chi connectivity index (χ2v) is 6.56. The summed E-state index contributed by atoms with van der Waals surface area (Å²) in [6.07, 6.45) is 5.44. The molecule has 1 aliphatic carbocycles. The van der Waals surface area contributed by atoms with Crippen LogP contribution in [0.3, 0.4) is 0 Å². The summed E-state index contributed by atoms with van der Waals surface area (Å²) in [5.74, 6) is 1.74. The predicted octanol–water partition coefficient (Wildman–Crippen LogP) is 2.86. The zero-order valence-electron chi connectivity index (χ0n) is 14.4. The van der Waals surface area contributed by atoms with Crippen LogP contribution in [0.4, 0.5) is 5.82 Å². The van der Waals surface area contributed by atoms with Gasteiger partial charge in [0.2, 0.25) is 0 Å². The summed E-state index contributed by atoms with van der Waals surface area (Å²) in [5, 5.41) is 4.06. The zero-order chi connectivity index (χ0) is 18.1. The minimum absolute atomic E-state index is 0.0732. The van der Waals surface area contributed by atoms with Gasteiger partial charge in [-0.3, -0.25) is 9.78 Å².